The summed E-state index contributed by atoms with van der Waals surface area (Å²) in [5.41, 5.74) is 3.17. The van der Waals surface area contributed by atoms with E-state index in [0.717, 1.165) is 11.1 Å². The van der Waals surface area contributed by atoms with Gasteiger partial charge in [0.2, 0.25) is 0 Å². The van der Waals surface area contributed by atoms with Crippen molar-refractivity contribution in [1.82, 2.24) is 4.98 Å². The van der Waals surface area contributed by atoms with E-state index in [1.807, 2.05) is 48.7 Å². The molecule has 0 bridgehead atoms. The van der Waals surface area contributed by atoms with Crippen molar-refractivity contribution in [3.63, 3.8) is 0 Å². The van der Waals surface area contributed by atoms with Gasteiger partial charge in [-0.2, -0.15) is 0 Å². The van der Waals surface area contributed by atoms with Gasteiger partial charge in [-0.25, -0.2) is 9.78 Å². The molecule has 2 aromatic heterocycles. The highest BCUT2D eigenvalue weighted by Gasteiger charge is 2.13. The Bertz CT molecular complexity index is 1130. The Labute approximate surface area is 153 Å². The lowest BCUT2D eigenvalue weighted by Gasteiger charge is -2.05. The fourth-order valence-corrected chi connectivity index (χ4v) is 3.40. The molecule has 0 spiro atoms. The van der Waals surface area contributed by atoms with Crippen LogP contribution in [0.4, 0.5) is 10.8 Å². The lowest BCUT2D eigenvalue weighted by Crippen LogP contribution is -2.03. The maximum Gasteiger partial charge on any atom is 0.345 e. The molecule has 130 valence electrons. The van der Waals surface area contributed by atoms with Crippen LogP contribution in [0.3, 0.4) is 0 Å². The lowest BCUT2D eigenvalue weighted by molar-refractivity contribution is 0.407. The average molecular weight is 364 g/mol. The van der Waals surface area contributed by atoms with Gasteiger partial charge in [-0.1, -0.05) is 29.8 Å². The van der Waals surface area contributed by atoms with Crippen LogP contribution in [0.25, 0.3) is 22.2 Å². The number of para-hydroxylation sites is 1. The summed E-state index contributed by atoms with van der Waals surface area (Å²) < 4.78 is 10.7. The maximum atomic E-state index is 12.4. The number of hydrogen-bond acceptors (Lipinski definition) is 6. The van der Waals surface area contributed by atoms with E-state index in [9.17, 15) is 4.79 Å². The predicted octanol–water partition coefficient (Wildman–Crippen LogP) is 4.98. The molecule has 4 rings (SSSR count). The summed E-state index contributed by atoms with van der Waals surface area (Å²) in [4.78, 5) is 17.0. The van der Waals surface area contributed by atoms with Crippen molar-refractivity contribution in [3.05, 3.63) is 69.9 Å². The van der Waals surface area contributed by atoms with Crippen molar-refractivity contribution in [2.75, 3.05) is 12.4 Å². The number of aryl methyl sites for hydroxylation is 1. The number of aromatic nitrogens is 1. The maximum absolute atomic E-state index is 12.4. The molecular weight excluding hydrogens is 348 g/mol. The number of ether oxygens (including phenoxy) is 1. The molecule has 0 aliphatic carbocycles. The molecule has 0 unspecified atom stereocenters. The van der Waals surface area contributed by atoms with Gasteiger partial charge in [0.15, 0.2) is 16.5 Å². The Morgan fingerprint density at radius 3 is 2.73 bits per heavy atom. The van der Waals surface area contributed by atoms with E-state index >= 15 is 0 Å². The summed E-state index contributed by atoms with van der Waals surface area (Å²) in [5, 5.41) is 6.60. The van der Waals surface area contributed by atoms with Gasteiger partial charge in [-0.05, 0) is 31.2 Å². The van der Waals surface area contributed by atoms with E-state index < -0.39 is 5.63 Å². The number of benzene rings is 2. The topological polar surface area (TPSA) is 64.4 Å². The highest BCUT2D eigenvalue weighted by atomic mass is 32.1. The van der Waals surface area contributed by atoms with E-state index in [2.05, 4.69) is 10.3 Å². The van der Waals surface area contributed by atoms with E-state index in [4.69, 9.17) is 9.15 Å². The van der Waals surface area contributed by atoms with Crippen molar-refractivity contribution >= 4 is 33.1 Å². The second-order valence-electron chi connectivity index (χ2n) is 5.86. The molecule has 0 amide bonds. The molecule has 0 aliphatic heterocycles. The monoisotopic (exact) mass is 364 g/mol. The van der Waals surface area contributed by atoms with Gasteiger partial charge in [-0.3, -0.25) is 0 Å². The minimum absolute atomic E-state index is 0.430. The van der Waals surface area contributed by atoms with Crippen LogP contribution in [0.2, 0.25) is 0 Å². The number of nitrogens with zero attached hydrogens (tertiary/aromatic N) is 1. The molecule has 0 atom stereocenters. The second kappa shape index (κ2) is 6.65. The third-order valence-corrected chi connectivity index (χ3v) is 4.78. The molecule has 1 N–H and O–H groups in total. The molecule has 0 saturated heterocycles. The van der Waals surface area contributed by atoms with Crippen LogP contribution in [-0.2, 0) is 0 Å². The van der Waals surface area contributed by atoms with Gasteiger partial charge in [0.1, 0.15) is 0 Å². The number of methoxy groups -OCH3 is 1. The van der Waals surface area contributed by atoms with Crippen LogP contribution < -0.4 is 15.7 Å². The van der Waals surface area contributed by atoms with Crippen molar-refractivity contribution in [1.29, 1.82) is 0 Å². The summed E-state index contributed by atoms with van der Waals surface area (Å²) in [7, 11) is 1.55. The molecular formula is C20H16N2O3S. The molecule has 2 heterocycles. The normalized spacial score (nSPS) is 10.8. The molecule has 26 heavy (non-hydrogen) atoms. The van der Waals surface area contributed by atoms with Crippen molar-refractivity contribution in [3.8, 4) is 17.0 Å². The number of fused-ring (bicyclic) bond motifs is 1. The van der Waals surface area contributed by atoms with Crippen molar-refractivity contribution in [2.24, 2.45) is 0 Å². The fourth-order valence-electron chi connectivity index (χ4n) is 2.67. The highest BCUT2D eigenvalue weighted by molar-refractivity contribution is 7.14. The van der Waals surface area contributed by atoms with E-state index in [1.54, 1.807) is 19.2 Å². The Kier molecular flexibility index (Phi) is 4.18. The molecule has 0 radical (unpaired) electrons. The van der Waals surface area contributed by atoms with Gasteiger partial charge in [0.05, 0.1) is 18.4 Å². The molecule has 0 aliphatic rings. The summed E-state index contributed by atoms with van der Waals surface area (Å²) >= 11 is 1.44. The number of thiazole rings is 1. The Morgan fingerprint density at radius 1 is 1.15 bits per heavy atom. The van der Waals surface area contributed by atoms with Gasteiger partial charge >= 0.3 is 5.63 Å². The lowest BCUT2D eigenvalue weighted by atomic mass is 10.1. The Morgan fingerprint density at radius 2 is 1.96 bits per heavy atom. The van der Waals surface area contributed by atoms with Crippen LogP contribution in [0.1, 0.15) is 5.56 Å². The van der Waals surface area contributed by atoms with E-state index in [0.29, 0.717) is 27.7 Å². The Balaban J connectivity index is 1.70. The quantitative estimate of drug-likeness (QED) is 0.518. The minimum Gasteiger partial charge on any atom is -0.493 e. The third-order valence-electron chi connectivity index (χ3n) is 4.03. The standard InChI is InChI=1S/C20H16N2O3S/c1-12-6-8-14(9-7-12)21-20-22-16(11-26-20)15-10-13-4-3-5-17(24-2)18(13)25-19(15)23/h3-11H,1-2H3,(H,21,22). The molecule has 5 nitrogen and oxygen atoms in total. The van der Waals surface area contributed by atoms with E-state index in [1.165, 1.54) is 16.9 Å². The third kappa shape index (κ3) is 3.07. The smallest absolute Gasteiger partial charge is 0.345 e. The number of nitrogens with one attached hydrogen (secondary N) is 1. The molecule has 0 saturated carbocycles. The van der Waals surface area contributed by atoms with Gasteiger partial charge < -0.3 is 14.5 Å². The summed E-state index contributed by atoms with van der Waals surface area (Å²) in [6.07, 6.45) is 0. The summed E-state index contributed by atoms with van der Waals surface area (Å²) in [6.45, 7) is 2.04. The Hall–Kier alpha value is -3.12. The van der Waals surface area contributed by atoms with Gasteiger partial charge in [0.25, 0.3) is 0 Å². The van der Waals surface area contributed by atoms with Gasteiger partial charge in [-0.15, -0.1) is 11.3 Å². The second-order valence-corrected chi connectivity index (χ2v) is 6.71. The van der Waals surface area contributed by atoms with Gasteiger partial charge in [0, 0.05) is 16.5 Å². The number of rotatable bonds is 4. The average Bonchev–Trinajstić information content (AvgIpc) is 3.11. The number of hydrogen-bond donors (Lipinski definition) is 1. The van der Waals surface area contributed by atoms with E-state index in [-0.39, 0.29) is 0 Å². The summed E-state index contributed by atoms with van der Waals surface area (Å²) in [6, 6.07) is 15.3. The van der Waals surface area contributed by atoms with Crippen LogP contribution in [0.5, 0.6) is 5.75 Å². The first-order chi connectivity index (χ1) is 12.6. The SMILES string of the molecule is COc1cccc2cc(-c3csc(Nc4ccc(C)cc4)n3)c(=O)oc12. The van der Waals surface area contributed by atoms with Crippen LogP contribution in [-0.4, -0.2) is 12.1 Å². The number of anilines is 2. The zero-order valence-corrected chi connectivity index (χ0v) is 15.1. The first-order valence-corrected chi connectivity index (χ1v) is 8.92. The first kappa shape index (κ1) is 16.4. The van der Waals surface area contributed by atoms with Crippen molar-refractivity contribution in [2.45, 2.75) is 6.92 Å². The molecule has 6 heteroatoms. The molecule has 4 aromatic rings. The zero-order valence-electron chi connectivity index (χ0n) is 14.3. The molecule has 0 fully saturated rings. The van der Waals surface area contributed by atoms with Crippen LogP contribution in [0.15, 0.2) is 63.1 Å². The largest absolute Gasteiger partial charge is 0.493 e. The first-order valence-electron chi connectivity index (χ1n) is 8.04. The predicted molar refractivity (Wildman–Crippen MR) is 105 cm³/mol. The highest BCUT2D eigenvalue weighted by Crippen LogP contribution is 2.30. The zero-order chi connectivity index (χ0) is 18.1. The minimum atomic E-state index is -0.436. The fraction of sp³-hybridized carbons (Fsp3) is 0.100. The van der Waals surface area contributed by atoms with Crippen LogP contribution in [0, 0.1) is 6.92 Å². The van der Waals surface area contributed by atoms with Crippen LogP contribution >= 0.6 is 11.3 Å². The van der Waals surface area contributed by atoms with Crippen molar-refractivity contribution < 1.29 is 9.15 Å². The summed E-state index contributed by atoms with van der Waals surface area (Å²) in [5.74, 6) is 0.533. The molecule has 2 aromatic carbocycles.